The van der Waals surface area contributed by atoms with E-state index in [-0.39, 0.29) is 6.10 Å². The first kappa shape index (κ1) is 20.5. The molecule has 0 saturated carbocycles. The summed E-state index contributed by atoms with van der Waals surface area (Å²) in [7, 11) is 1.92. The fraction of sp³-hybridized carbons (Fsp3) is 0.364. The maximum atomic E-state index is 5.70. The van der Waals surface area contributed by atoms with Gasteiger partial charge in [0.15, 0.2) is 5.96 Å². The van der Waals surface area contributed by atoms with Crippen molar-refractivity contribution in [2.45, 2.75) is 32.8 Å². The normalized spacial score (nSPS) is 11.7. The first-order chi connectivity index (χ1) is 14.1. The van der Waals surface area contributed by atoms with Crippen LogP contribution in [0.4, 0.5) is 5.69 Å². The number of ether oxygens (including phenoxy) is 1. The summed E-state index contributed by atoms with van der Waals surface area (Å²) >= 11 is 0. The number of hydrogen-bond donors (Lipinski definition) is 2. The van der Waals surface area contributed by atoms with Crippen molar-refractivity contribution in [3.8, 4) is 5.75 Å². The van der Waals surface area contributed by atoms with Crippen molar-refractivity contribution in [1.29, 1.82) is 0 Å². The van der Waals surface area contributed by atoms with E-state index < -0.39 is 0 Å². The summed E-state index contributed by atoms with van der Waals surface area (Å²) in [6.07, 6.45) is 7.37. The molecule has 29 heavy (non-hydrogen) atoms. The lowest BCUT2D eigenvalue weighted by atomic mass is 10.2. The first-order valence-corrected chi connectivity index (χ1v) is 9.90. The van der Waals surface area contributed by atoms with Crippen LogP contribution in [0.2, 0.25) is 0 Å². The van der Waals surface area contributed by atoms with Crippen molar-refractivity contribution in [2.24, 2.45) is 12.0 Å². The monoisotopic (exact) mass is 395 g/mol. The molecule has 0 amide bonds. The third-order valence-corrected chi connectivity index (χ3v) is 4.16. The lowest BCUT2D eigenvalue weighted by molar-refractivity contribution is 0.242. The molecule has 0 aliphatic carbocycles. The van der Waals surface area contributed by atoms with Gasteiger partial charge in [0.05, 0.1) is 18.6 Å². The minimum atomic E-state index is 0.154. The maximum absolute atomic E-state index is 5.70. The van der Waals surface area contributed by atoms with Crippen molar-refractivity contribution in [1.82, 2.24) is 15.1 Å². The van der Waals surface area contributed by atoms with E-state index in [4.69, 9.17) is 9.15 Å². The van der Waals surface area contributed by atoms with Crippen LogP contribution < -0.4 is 15.4 Å². The third-order valence-electron chi connectivity index (χ3n) is 4.16. The fourth-order valence-electron chi connectivity index (χ4n) is 2.82. The van der Waals surface area contributed by atoms with E-state index in [1.807, 2.05) is 74.4 Å². The molecule has 3 aromatic rings. The predicted molar refractivity (Wildman–Crippen MR) is 115 cm³/mol. The lowest BCUT2D eigenvalue weighted by Crippen LogP contribution is -2.32. The number of hydrogen-bond acceptors (Lipinski definition) is 4. The Morgan fingerprint density at radius 2 is 2.03 bits per heavy atom. The van der Waals surface area contributed by atoms with Gasteiger partial charge in [0.2, 0.25) is 0 Å². The highest BCUT2D eigenvalue weighted by atomic mass is 16.5. The number of nitrogens with zero attached hydrogens (tertiary/aromatic N) is 3. The minimum absolute atomic E-state index is 0.154. The number of nitrogens with one attached hydrogen (secondary N) is 2. The van der Waals surface area contributed by atoms with Crippen LogP contribution in [0.25, 0.3) is 0 Å². The van der Waals surface area contributed by atoms with Gasteiger partial charge in [-0.25, -0.2) is 0 Å². The molecule has 1 aromatic carbocycles. The Kier molecular flexibility index (Phi) is 7.33. The van der Waals surface area contributed by atoms with Crippen LogP contribution in [0.1, 0.15) is 25.2 Å². The average Bonchev–Trinajstić information content (AvgIpc) is 3.34. The van der Waals surface area contributed by atoms with Crippen LogP contribution in [-0.2, 0) is 19.9 Å². The minimum Gasteiger partial charge on any atom is -0.491 e. The highest BCUT2D eigenvalue weighted by Gasteiger charge is 2.04. The Morgan fingerprint density at radius 1 is 1.21 bits per heavy atom. The molecular weight excluding hydrogens is 366 g/mol. The quantitative estimate of drug-likeness (QED) is 0.427. The van der Waals surface area contributed by atoms with E-state index in [2.05, 4.69) is 20.7 Å². The molecule has 0 fully saturated rings. The number of anilines is 1. The van der Waals surface area contributed by atoms with Crippen molar-refractivity contribution in [3.63, 3.8) is 0 Å². The van der Waals surface area contributed by atoms with Crippen LogP contribution in [-0.4, -0.2) is 34.9 Å². The molecule has 0 saturated heterocycles. The van der Waals surface area contributed by atoms with Gasteiger partial charge in [0.25, 0.3) is 0 Å². The molecule has 0 aliphatic rings. The molecule has 0 atom stereocenters. The molecule has 0 radical (unpaired) electrons. The van der Waals surface area contributed by atoms with Gasteiger partial charge in [0.1, 0.15) is 11.5 Å². The molecule has 0 bridgehead atoms. The molecule has 2 heterocycles. The van der Waals surface area contributed by atoms with Gasteiger partial charge in [0, 0.05) is 38.4 Å². The van der Waals surface area contributed by atoms with Crippen molar-refractivity contribution in [2.75, 3.05) is 18.4 Å². The predicted octanol–water partition coefficient (Wildman–Crippen LogP) is 3.64. The Hall–Kier alpha value is -3.22. The zero-order valence-electron chi connectivity index (χ0n) is 17.3. The molecule has 154 valence electrons. The molecule has 7 nitrogen and oxygen atoms in total. The standard InChI is InChI=1S/C22H29N5O2/c1-17(2)29-21-8-6-19(7-9-21)26-22(24-13-11-20-5-4-14-28-20)23-12-10-18-15-25-27(3)16-18/h4-9,14-17H,10-13H2,1-3H3,(H2,23,24,26). The van der Waals surface area contributed by atoms with Crippen LogP contribution in [0, 0.1) is 0 Å². The molecule has 3 rings (SSSR count). The SMILES string of the molecule is CC(C)Oc1ccc(NC(=NCCc2ccco2)NCCc2cnn(C)c2)cc1. The molecule has 0 unspecified atom stereocenters. The van der Waals surface area contributed by atoms with Gasteiger partial charge in [-0.1, -0.05) is 0 Å². The summed E-state index contributed by atoms with van der Waals surface area (Å²) in [4.78, 5) is 4.68. The second-order valence-electron chi connectivity index (χ2n) is 7.07. The van der Waals surface area contributed by atoms with Crippen LogP contribution >= 0.6 is 0 Å². The van der Waals surface area contributed by atoms with Gasteiger partial charge in [-0.2, -0.15) is 5.10 Å². The number of aliphatic imine (C=N–C) groups is 1. The Balaban J connectivity index is 1.59. The molecule has 2 aromatic heterocycles. The van der Waals surface area contributed by atoms with Crippen molar-refractivity contribution >= 4 is 11.6 Å². The Labute approximate surface area is 171 Å². The smallest absolute Gasteiger partial charge is 0.195 e. The zero-order valence-corrected chi connectivity index (χ0v) is 17.3. The second kappa shape index (κ2) is 10.4. The van der Waals surface area contributed by atoms with Crippen LogP contribution in [0.3, 0.4) is 0 Å². The Morgan fingerprint density at radius 3 is 2.69 bits per heavy atom. The number of guanidine groups is 1. The third kappa shape index (κ3) is 7.03. The summed E-state index contributed by atoms with van der Waals surface area (Å²) in [5.41, 5.74) is 2.14. The van der Waals surface area contributed by atoms with E-state index in [0.717, 1.165) is 42.5 Å². The highest BCUT2D eigenvalue weighted by molar-refractivity contribution is 5.93. The van der Waals surface area contributed by atoms with E-state index in [9.17, 15) is 0 Å². The van der Waals surface area contributed by atoms with Gasteiger partial charge in [-0.05, 0) is 62.2 Å². The number of rotatable bonds is 9. The second-order valence-corrected chi connectivity index (χ2v) is 7.07. The topological polar surface area (TPSA) is 76.6 Å². The van der Waals surface area contributed by atoms with Gasteiger partial charge in [-0.15, -0.1) is 0 Å². The van der Waals surface area contributed by atoms with E-state index in [1.54, 1.807) is 6.26 Å². The van der Waals surface area contributed by atoms with Crippen molar-refractivity contribution in [3.05, 3.63) is 66.4 Å². The van der Waals surface area contributed by atoms with Gasteiger partial charge in [-0.3, -0.25) is 9.67 Å². The number of benzene rings is 1. The molecule has 7 heteroatoms. The first-order valence-electron chi connectivity index (χ1n) is 9.90. The summed E-state index contributed by atoms with van der Waals surface area (Å²) < 4.78 is 12.9. The zero-order chi connectivity index (χ0) is 20.5. The fourth-order valence-corrected chi connectivity index (χ4v) is 2.82. The highest BCUT2D eigenvalue weighted by Crippen LogP contribution is 2.16. The van der Waals surface area contributed by atoms with Gasteiger partial charge < -0.3 is 19.8 Å². The van der Waals surface area contributed by atoms with E-state index in [0.29, 0.717) is 6.54 Å². The van der Waals surface area contributed by atoms with Crippen LogP contribution in [0.15, 0.2) is 64.5 Å². The van der Waals surface area contributed by atoms with E-state index >= 15 is 0 Å². The molecule has 2 N–H and O–H groups in total. The maximum Gasteiger partial charge on any atom is 0.195 e. The van der Waals surface area contributed by atoms with Crippen molar-refractivity contribution < 1.29 is 9.15 Å². The summed E-state index contributed by atoms with van der Waals surface area (Å²) in [5.74, 6) is 2.52. The Bertz CT molecular complexity index is 882. The summed E-state index contributed by atoms with van der Waals surface area (Å²) in [6, 6.07) is 11.7. The number of aryl methyl sites for hydroxylation is 1. The van der Waals surface area contributed by atoms with Gasteiger partial charge >= 0.3 is 0 Å². The number of furan rings is 1. The van der Waals surface area contributed by atoms with E-state index in [1.165, 1.54) is 5.56 Å². The average molecular weight is 396 g/mol. The summed E-state index contributed by atoms with van der Waals surface area (Å²) in [5, 5.41) is 11.0. The van der Waals surface area contributed by atoms with Crippen LogP contribution in [0.5, 0.6) is 5.75 Å². The lowest BCUT2D eigenvalue weighted by Gasteiger charge is -2.14. The molecular formula is C22H29N5O2. The molecule has 0 spiro atoms. The largest absolute Gasteiger partial charge is 0.491 e. The molecule has 0 aliphatic heterocycles. The summed E-state index contributed by atoms with van der Waals surface area (Å²) in [6.45, 7) is 5.42. The number of aromatic nitrogens is 2.